The van der Waals surface area contributed by atoms with Crippen molar-refractivity contribution >= 4 is 31.8 Å². The van der Waals surface area contributed by atoms with Gasteiger partial charge in [0.15, 0.2) is 11.2 Å². The Bertz CT molecular complexity index is 485. The Kier molecular flexibility index (Phi) is 7.08. The summed E-state index contributed by atoms with van der Waals surface area (Å²) in [6.45, 7) is 0. The van der Waals surface area contributed by atoms with Crippen molar-refractivity contribution in [3.63, 3.8) is 0 Å². The van der Waals surface area contributed by atoms with Crippen LogP contribution in [0.1, 0.15) is 16.8 Å². The van der Waals surface area contributed by atoms with Gasteiger partial charge in [0, 0.05) is 10.0 Å². The molecule has 88 valence electrons. The van der Waals surface area contributed by atoms with Gasteiger partial charge in [0.05, 0.1) is 6.42 Å². The summed E-state index contributed by atoms with van der Waals surface area (Å²) in [5.74, 6) is -0.598. The second kappa shape index (κ2) is 6.98. The fourth-order valence-corrected chi connectivity index (χ4v) is 1.63. The normalized spacial score (nSPS) is 12.6. The predicted molar refractivity (Wildman–Crippen MR) is 58.8 cm³/mol. The van der Waals surface area contributed by atoms with Gasteiger partial charge in [0.2, 0.25) is 0 Å². The summed E-state index contributed by atoms with van der Waals surface area (Å²) in [6.07, 6.45) is -0.729. The summed E-state index contributed by atoms with van der Waals surface area (Å²) in [5, 5.41) is 8.94. The molecule has 0 aliphatic carbocycles. The van der Waals surface area contributed by atoms with E-state index >= 15 is 0 Å². The number of benzene rings is 1. The summed E-state index contributed by atoms with van der Waals surface area (Å²) in [5.41, 5.74) is -1.95. The van der Waals surface area contributed by atoms with Crippen LogP contribution in [0.25, 0.3) is 0 Å². The van der Waals surface area contributed by atoms with Gasteiger partial charge in [0.1, 0.15) is 10.1 Å². The third-order valence-corrected chi connectivity index (χ3v) is 3.22. The second-order valence-corrected chi connectivity index (χ2v) is 5.53. The zero-order valence-electron chi connectivity index (χ0n) is 8.96. The van der Waals surface area contributed by atoms with E-state index in [1.54, 1.807) is 12.1 Å². The molecule has 0 amide bonds. The molecule has 1 N–H and O–H groups in total. The minimum atomic E-state index is -4.84. The Balaban J connectivity index is 0.00000256. The van der Waals surface area contributed by atoms with Gasteiger partial charge in [-0.25, -0.2) is 8.42 Å². The maximum atomic E-state index is 11.4. The van der Waals surface area contributed by atoms with Crippen LogP contribution in [-0.2, 0) is 10.1 Å². The average molecular weight is 331 g/mol. The number of halogens is 1. The van der Waals surface area contributed by atoms with Crippen LogP contribution < -0.4 is 29.6 Å². The number of aliphatic hydroxyl groups excluding tert-OH is 1. The van der Waals surface area contributed by atoms with Gasteiger partial charge < -0.3 is 9.66 Å². The van der Waals surface area contributed by atoms with Gasteiger partial charge in [-0.2, -0.15) is 0 Å². The standard InChI is InChI=1S/C9H9BrO5S.Na/c10-7-3-1-6(2-4-7)8(11)5-9(12)16(13,14)15;/h1-4,9,12H,5H2,(H,13,14,15);/q;+1/p-1. The Morgan fingerprint density at radius 1 is 1.35 bits per heavy atom. The molecule has 1 rings (SSSR count). The SMILES string of the molecule is O=C(CC(O)S(=O)(=O)[O-])c1ccc(Br)cc1.[Na+]. The van der Waals surface area contributed by atoms with E-state index < -0.39 is 27.8 Å². The van der Waals surface area contributed by atoms with Crippen molar-refractivity contribution in [3.05, 3.63) is 34.3 Å². The molecular formula is C9H8BrNaO5S. The van der Waals surface area contributed by atoms with Gasteiger partial charge in [-0.05, 0) is 12.1 Å². The van der Waals surface area contributed by atoms with Crippen LogP contribution in [-0.4, -0.2) is 29.3 Å². The van der Waals surface area contributed by atoms with Gasteiger partial charge in [-0.3, -0.25) is 4.79 Å². The third-order valence-electron chi connectivity index (χ3n) is 1.86. The molecule has 1 atom stereocenters. The number of carbonyl (C=O) groups excluding carboxylic acids is 1. The predicted octanol–water partition coefficient (Wildman–Crippen LogP) is -2.11. The van der Waals surface area contributed by atoms with Crippen molar-refractivity contribution in [3.8, 4) is 0 Å². The molecule has 1 aromatic rings. The van der Waals surface area contributed by atoms with Gasteiger partial charge >= 0.3 is 29.6 Å². The molecule has 0 heterocycles. The van der Waals surface area contributed by atoms with Crippen LogP contribution in [0.3, 0.4) is 0 Å². The van der Waals surface area contributed by atoms with E-state index in [2.05, 4.69) is 15.9 Å². The zero-order chi connectivity index (χ0) is 12.3. The van der Waals surface area contributed by atoms with E-state index in [1.165, 1.54) is 12.1 Å². The molecule has 1 unspecified atom stereocenters. The molecule has 0 saturated heterocycles. The molecule has 0 radical (unpaired) electrons. The van der Waals surface area contributed by atoms with E-state index in [9.17, 15) is 17.8 Å². The molecule has 0 fully saturated rings. The van der Waals surface area contributed by atoms with Crippen LogP contribution in [0, 0.1) is 0 Å². The summed E-state index contributed by atoms with van der Waals surface area (Å²) in [4.78, 5) is 11.4. The molecule has 0 aromatic heterocycles. The first-order valence-corrected chi connectivity index (χ1v) is 6.48. The molecule has 0 spiro atoms. The smallest absolute Gasteiger partial charge is 0.746 e. The summed E-state index contributed by atoms with van der Waals surface area (Å²) < 4.78 is 31.9. The summed E-state index contributed by atoms with van der Waals surface area (Å²) in [6, 6.07) is 6.14. The van der Waals surface area contributed by atoms with Crippen LogP contribution in [0.2, 0.25) is 0 Å². The molecule has 0 aliphatic rings. The van der Waals surface area contributed by atoms with Crippen LogP contribution in [0.15, 0.2) is 28.7 Å². The fourth-order valence-electron chi connectivity index (χ4n) is 1.01. The molecule has 0 bridgehead atoms. The maximum absolute atomic E-state index is 11.4. The van der Waals surface area contributed by atoms with Gasteiger partial charge in [-0.1, -0.05) is 28.1 Å². The number of carbonyl (C=O) groups is 1. The Labute approximate surface area is 129 Å². The number of aliphatic hydroxyl groups is 1. The number of hydrogen-bond donors (Lipinski definition) is 1. The fraction of sp³-hybridized carbons (Fsp3) is 0.222. The molecule has 0 saturated carbocycles. The van der Waals surface area contributed by atoms with Crippen molar-refractivity contribution in [1.82, 2.24) is 0 Å². The maximum Gasteiger partial charge on any atom is 1.00 e. The topological polar surface area (TPSA) is 94.5 Å². The number of ketones is 1. The van der Waals surface area contributed by atoms with Crippen molar-refractivity contribution in [2.24, 2.45) is 0 Å². The van der Waals surface area contributed by atoms with Gasteiger partial charge in [0.25, 0.3) is 0 Å². The Hall–Kier alpha value is 0.240. The number of hydrogen-bond acceptors (Lipinski definition) is 5. The van der Waals surface area contributed by atoms with Crippen LogP contribution in [0.4, 0.5) is 0 Å². The molecule has 5 nitrogen and oxygen atoms in total. The number of Topliss-reactive ketones (excluding diaryl/α,β-unsaturated/α-hetero) is 1. The molecule has 17 heavy (non-hydrogen) atoms. The second-order valence-electron chi connectivity index (χ2n) is 3.08. The summed E-state index contributed by atoms with van der Waals surface area (Å²) >= 11 is 3.17. The van der Waals surface area contributed by atoms with E-state index in [4.69, 9.17) is 5.11 Å². The Morgan fingerprint density at radius 2 is 1.82 bits per heavy atom. The first kappa shape index (κ1) is 17.2. The van der Waals surface area contributed by atoms with E-state index in [0.717, 1.165) is 4.47 Å². The average Bonchev–Trinajstić information content (AvgIpc) is 2.17. The quantitative estimate of drug-likeness (QED) is 0.387. The van der Waals surface area contributed by atoms with Crippen LogP contribution in [0.5, 0.6) is 0 Å². The van der Waals surface area contributed by atoms with E-state index in [0.29, 0.717) is 0 Å². The van der Waals surface area contributed by atoms with Crippen molar-refractivity contribution in [1.29, 1.82) is 0 Å². The Morgan fingerprint density at radius 3 is 2.24 bits per heavy atom. The van der Waals surface area contributed by atoms with Crippen LogP contribution >= 0.6 is 15.9 Å². The largest absolute Gasteiger partial charge is 1.00 e. The minimum absolute atomic E-state index is 0. The van der Waals surface area contributed by atoms with Crippen molar-refractivity contribution < 1.29 is 52.4 Å². The van der Waals surface area contributed by atoms with Crippen molar-refractivity contribution in [2.75, 3.05) is 0 Å². The molecular weight excluding hydrogens is 323 g/mol. The molecule has 0 aliphatic heterocycles. The summed E-state index contributed by atoms with van der Waals surface area (Å²) in [7, 11) is -4.84. The monoisotopic (exact) mass is 330 g/mol. The minimum Gasteiger partial charge on any atom is -0.746 e. The van der Waals surface area contributed by atoms with E-state index in [1.807, 2.05) is 0 Å². The first-order chi connectivity index (χ1) is 7.30. The zero-order valence-corrected chi connectivity index (χ0v) is 13.4. The van der Waals surface area contributed by atoms with Crippen molar-refractivity contribution in [2.45, 2.75) is 11.9 Å². The molecule has 8 heteroatoms. The third kappa shape index (κ3) is 5.60. The molecule has 1 aromatic carbocycles. The van der Waals surface area contributed by atoms with E-state index in [-0.39, 0.29) is 35.1 Å². The first-order valence-electron chi connectivity index (χ1n) is 4.22. The van der Waals surface area contributed by atoms with Gasteiger partial charge in [-0.15, -0.1) is 0 Å². The number of rotatable bonds is 4.